The molecular weight excluding hydrogens is 498 g/mol. The second-order valence-corrected chi connectivity index (χ2v) is 11.1. The van der Waals surface area contributed by atoms with E-state index >= 15 is 0 Å². The quantitative estimate of drug-likeness (QED) is 0.411. The van der Waals surface area contributed by atoms with Gasteiger partial charge in [0.1, 0.15) is 16.2 Å². The van der Waals surface area contributed by atoms with E-state index in [4.69, 9.17) is 14.5 Å². The maximum atomic E-state index is 13.5. The molecule has 1 aliphatic heterocycles. The highest BCUT2D eigenvalue weighted by Crippen LogP contribution is 2.30. The Morgan fingerprint density at radius 2 is 1.86 bits per heavy atom. The Kier molecular flexibility index (Phi) is 8.26. The highest BCUT2D eigenvalue weighted by molar-refractivity contribution is 7.89. The van der Waals surface area contributed by atoms with E-state index in [1.807, 2.05) is 6.92 Å². The smallest absolute Gasteiger partial charge is 0.279 e. The third-order valence-corrected chi connectivity index (χ3v) is 8.41. The van der Waals surface area contributed by atoms with E-state index in [0.29, 0.717) is 69.5 Å². The number of nitrogens with zero attached hydrogens (tertiary/aromatic N) is 6. The van der Waals surface area contributed by atoms with Crippen molar-refractivity contribution in [3.63, 3.8) is 0 Å². The third kappa shape index (κ3) is 5.40. The summed E-state index contributed by atoms with van der Waals surface area (Å²) in [6.45, 7) is 11.3. The summed E-state index contributed by atoms with van der Waals surface area (Å²) in [5.41, 5.74) is 1.34. The molecule has 0 unspecified atom stereocenters. The molecule has 1 N–H and O–H groups in total. The van der Waals surface area contributed by atoms with Crippen molar-refractivity contribution in [1.82, 2.24) is 33.9 Å². The first kappa shape index (κ1) is 27.2. The summed E-state index contributed by atoms with van der Waals surface area (Å²) in [6, 6.07) is 1.83. The lowest BCUT2D eigenvalue weighted by atomic mass is 10.2. The third-order valence-electron chi connectivity index (χ3n) is 6.55. The number of ether oxygens (including phenoxy) is 2. The molecule has 0 aliphatic carbocycles. The van der Waals surface area contributed by atoms with Gasteiger partial charge in [0.25, 0.3) is 5.56 Å². The molecule has 0 atom stereocenters. The molecule has 1 aliphatic rings. The van der Waals surface area contributed by atoms with E-state index in [1.165, 1.54) is 16.6 Å². The minimum Gasteiger partial charge on any atom is -0.477 e. The van der Waals surface area contributed by atoms with Gasteiger partial charge >= 0.3 is 0 Å². The standard InChI is InChI=1S/C24H35N7O5S/c1-6-19-20-21(28-31(19)12-13-35-5)23(32)27-22(26-20)18-14-17(15-25-24(18)36-7-2)37(33,34)30-10-8-29(9-11-30)16(3)4/h14-16H,6-13H2,1-5H3,(H,26,27,32). The van der Waals surface area contributed by atoms with Crippen LogP contribution in [0.2, 0.25) is 0 Å². The zero-order valence-electron chi connectivity index (χ0n) is 22.0. The average molecular weight is 534 g/mol. The average Bonchev–Trinajstić information content (AvgIpc) is 3.25. The van der Waals surface area contributed by atoms with Gasteiger partial charge < -0.3 is 14.5 Å². The van der Waals surface area contributed by atoms with Crippen LogP contribution in [0, 0.1) is 0 Å². The maximum Gasteiger partial charge on any atom is 0.279 e. The minimum absolute atomic E-state index is 0.0261. The van der Waals surface area contributed by atoms with Gasteiger partial charge in [-0.05, 0) is 33.3 Å². The van der Waals surface area contributed by atoms with Crippen molar-refractivity contribution >= 4 is 21.1 Å². The van der Waals surface area contributed by atoms with Crippen LogP contribution in [0.3, 0.4) is 0 Å². The van der Waals surface area contributed by atoms with E-state index < -0.39 is 15.6 Å². The lowest BCUT2D eigenvalue weighted by molar-refractivity contribution is 0.154. The second-order valence-electron chi connectivity index (χ2n) is 9.12. The number of hydrogen-bond acceptors (Lipinski definition) is 9. The number of methoxy groups -OCH3 is 1. The molecule has 0 radical (unpaired) electrons. The summed E-state index contributed by atoms with van der Waals surface area (Å²) in [4.78, 5) is 27.1. The number of pyridine rings is 1. The monoisotopic (exact) mass is 533 g/mol. The van der Waals surface area contributed by atoms with E-state index in [9.17, 15) is 13.2 Å². The Morgan fingerprint density at radius 1 is 1.14 bits per heavy atom. The Labute approximate surface area is 216 Å². The Bertz CT molecular complexity index is 1410. The summed E-state index contributed by atoms with van der Waals surface area (Å²) < 4.78 is 41.1. The molecule has 0 bridgehead atoms. The van der Waals surface area contributed by atoms with Crippen LogP contribution in [-0.4, -0.2) is 94.9 Å². The number of fused-ring (bicyclic) bond motifs is 1. The predicted octanol–water partition coefficient (Wildman–Crippen LogP) is 1.50. The number of aryl methyl sites for hydroxylation is 1. The van der Waals surface area contributed by atoms with Crippen LogP contribution < -0.4 is 10.3 Å². The van der Waals surface area contributed by atoms with Crippen LogP contribution >= 0.6 is 0 Å². The number of aromatic amines is 1. The number of piperazine rings is 1. The molecule has 0 spiro atoms. The van der Waals surface area contributed by atoms with Crippen LogP contribution in [-0.2, 0) is 27.7 Å². The summed E-state index contributed by atoms with van der Waals surface area (Å²) >= 11 is 0. The van der Waals surface area contributed by atoms with Crippen molar-refractivity contribution in [2.75, 3.05) is 46.5 Å². The largest absolute Gasteiger partial charge is 0.477 e. The zero-order chi connectivity index (χ0) is 26.7. The van der Waals surface area contributed by atoms with Gasteiger partial charge in [0.15, 0.2) is 5.52 Å². The van der Waals surface area contributed by atoms with Gasteiger partial charge in [0.2, 0.25) is 15.9 Å². The van der Waals surface area contributed by atoms with E-state index in [2.05, 4.69) is 33.8 Å². The molecule has 0 saturated carbocycles. The van der Waals surface area contributed by atoms with Crippen LogP contribution in [0.4, 0.5) is 0 Å². The summed E-state index contributed by atoms with van der Waals surface area (Å²) in [6.07, 6.45) is 1.90. The van der Waals surface area contributed by atoms with Gasteiger partial charge in [-0.3, -0.25) is 14.4 Å². The maximum absolute atomic E-state index is 13.5. The molecule has 0 amide bonds. The Balaban J connectivity index is 1.78. The first-order valence-corrected chi connectivity index (χ1v) is 14.0. The van der Waals surface area contributed by atoms with Crippen LogP contribution in [0.5, 0.6) is 5.88 Å². The van der Waals surface area contributed by atoms with Crippen molar-refractivity contribution in [2.24, 2.45) is 0 Å². The molecule has 3 aromatic rings. The van der Waals surface area contributed by atoms with Crippen LogP contribution in [0.25, 0.3) is 22.4 Å². The first-order valence-electron chi connectivity index (χ1n) is 12.6. The Hall–Kier alpha value is -2.87. The van der Waals surface area contributed by atoms with E-state index in [-0.39, 0.29) is 22.1 Å². The number of sulfonamides is 1. The predicted molar refractivity (Wildman–Crippen MR) is 139 cm³/mol. The van der Waals surface area contributed by atoms with Crippen LogP contribution in [0.15, 0.2) is 22.0 Å². The van der Waals surface area contributed by atoms with E-state index in [1.54, 1.807) is 18.7 Å². The fourth-order valence-electron chi connectivity index (χ4n) is 4.51. The summed E-state index contributed by atoms with van der Waals surface area (Å²) in [7, 11) is -2.20. The SMILES string of the molecule is CCOc1ncc(S(=O)(=O)N2CCN(C(C)C)CC2)cc1-c1nc2c(CC)n(CCOC)nc2c(=O)[nH]1. The molecule has 12 nitrogen and oxygen atoms in total. The van der Waals surface area contributed by atoms with Gasteiger partial charge in [0, 0.05) is 39.3 Å². The van der Waals surface area contributed by atoms with Crippen LogP contribution in [0.1, 0.15) is 33.4 Å². The first-order chi connectivity index (χ1) is 17.7. The number of hydrogen-bond donors (Lipinski definition) is 1. The van der Waals surface area contributed by atoms with Gasteiger partial charge in [-0.15, -0.1) is 0 Å². The molecule has 202 valence electrons. The fraction of sp³-hybridized carbons (Fsp3) is 0.583. The number of rotatable bonds is 10. The number of nitrogens with one attached hydrogen (secondary N) is 1. The summed E-state index contributed by atoms with van der Waals surface area (Å²) in [5, 5.41) is 4.43. The normalized spacial score (nSPS) is 15.6. The van der Waals surface area contributed by atoms with Gasteiger partial charge in [0.05, 0.1) is 37.2 Å². The van der Waals surface area contributed by atoms with Gasteiger partial charge in [-0.2, -0.15) is 9.40 Å². The molecule has 13 heteroatoms. The van der Waals surface area contributed by atoms with Crippen molar-refractivity contribution in [3.8, 4) is 17.3 Å². The second kappa shape index (κ2) is 11.3. The van der Waals surface area contributed by atoms with Crippen molar-refractivity contribution in [1.29, 1.82) is 0 Å². The topological polar surface area (TPSA) is 136 Å². The van der Waals surface area contributed by atoms with Crippen molar-refractivity contribution in [3.05, 3.63) is 28.3 Å². The molecule has 0 aromatic carbocycles. The zero-order valence-corrected chi connectivity index (χ0v) is 22.8. The molecule has 4 heterocycles. The highest BCUT2D eigenvalue weighted by Gasteiger charge is 2.31. The Morgan fingerprint density at radius 3 is 2.49 bits per heavy atom. The molecular formula is C24H35N7O5S. The summed E-state index contributed by atoms with van der Waals surface area (Å²) in [5.74, 6) is 0.370. The number of aromatic nitrogens is 5. The lowest BCUT2D eigenvalue weighted by Gasteiger charge is -2.36. The van der Waals surface area contributed by atoms with Crippen molar-refractivity contribution < 1.29 is 17.9 Å². The number of H-pyrrole nitrogens is 1. The highest BCUT2D eigenvalue weighted by atomic mass is 32.2. The molecule has 1 saturated heterocycles. The lowest BCUT2D eigenvalue weighted by Crippen LogP contribution is -2.50. The van der Waals surface area contributed by atoms with E-state index in [0.717, 1.165) is 5.69 Å². The molecule has 4 rings (SSSR count). The van der Waals surface area contributed by atoms with Crippen molar-refractivity contribution in [2.45, 2.75) is 51.6 Å². The van der Waals surface area contributed by atoms with Gasteiger partial charge in [-0.1, -0.05) is 6.92 Å². The fourth-order valence-corrected chi connectivity index (χ4v) is 5.90. The molecule has 1 fully saturated rings. The molecule has 37 heavy (non-hydrogen) atoms. The molecule has 3 aromatic heterocycles. The minimum atomic E-state index is -3.81. The van der Waals surface area contributed by atoms with Gasteiger partial charge in [-0.25, -0.2) is 18.4 Å².